The van der Waals surface area contributed by atoms with E-state index < -0.39 is 18.6 Å². The first-order valence-electron chi connectivity index (χ1n) is 4.89. The van der Waals surface area contributed by atoms with Gasteiger partial charge in [0.25, 0.3) is 0 Å². The Balaban J connectivity index is 2.45. The standard InChI is InChI=1S/C10H11F3N4/c1-7-16-3-2-9(17-7)6-15-5-8(4-14)10(11,12)13/h2-3,8,15H,5-6H2,1H3. The molecule has 1 rings (SSSR count). The van der Waals surface area contributed by atoms with Crippen molar-refractivity contribution in [2.45, 2.75) is 19.6 Å². The number of nitriles is 1. The lowest BCUT2D eigenvalue weighted by Gasteiger charge is -2.13. The van der Waals surface area contributed by atoms with Crippen LogP contribution >= 0.6 is 0 Å². The topological polar surface area (TPSA) is 61.6 Å². The van der Waals surface area contributed by atoms with Crippen molar-refractivity contribution in [2.24, 2.45) is 5.92 Å². The number of nitrogens with one attached hydrogen (secondary N) is 1. The van der Waals surface area contributed by atoms with Crippen LogP contribution in [0.2, 0.25) is 0 Å². The molecular weight excluding hydrogens is 233 g/mol. The molecule has 1 heterocycles. The highest BCUT2D eigenvalue weighted by molar-refractivity contribution is 5.01. The summed E-state index contributed by atoms with van der Waals surface area (Å²) < 4.78 is 36.7. The average Bonchev–Trinajstić information content (AvgIpc) is 2.22. The van der Waals surface area contributed by atoms with Crippen molar-refractivity contribution < 1.29 is 13.2 Å². The molecule has 0 aliphatic carbocycles. The minimum atomic E-state index is -4.50. The molecule has 1 aromatic rings. The van der Waals surface area contributed by atoms with Gasteiger partial charge < -0.3 is 5.32 Å². The molecule has 1 atom stereocenters. The van der Waals surface area contributed by atoms with Gasteiger partial charge in [-0.1, -0.05) is 0 Å². The van der Waals surface area contributed by atoms with E-state index in [0.717, 1.165) is 0 Å². The van der Waals surface area contributed by atoms with Crippen LogP contribution in [0.25, 0.3) is 0 Å². The SMILES string of the molecule is Cc1nccc(CNCC(C#N)C(F)(F)F)n1. The molecule has 0 aliphatic rings. The van der Waals surface area contributed by atoms with E-state index in [9.17, 15) is 13.2 Å². The Morgan fingerprint density at radius 2 is 2.24 bits per heavy atom. The normalized spacial score (nSPS) is 13.1. The van der Waals surface area contributed by atoms with Crippen LogP contribution in [0.5, 0.6) is 0 Å². The zero-order valence-electron chi connectivity index (χ0n) is 9.12. The number of hydrogen-bond donors (Lipinski definition) is 1. The second-order valence-corrected chi connectivity index (χ2v) is 3.45. The zero-order chi connectivity index (χ0) is 12.9. The lowest BCUT2D eigenvalue weighted by molar-refractivity contribution is -0.157. The van der Waals surface area contributed by atoms with Crippen LogP contribution in [0, 0.1) is 24.2 Å². The molecule has 0 aliphatic heterocycles. The van der Waals surface area contributed by atoms with Crippen molar-refractivity contribution in [3.05, 3.63) is 23.8 Å². The van der Waals surface area contributed by atoms with E-state index >= 15 is 0 Å². The van der Waals surface area contributed by atoms with E-state index in [1.807, 2.05) is 0 Å². The van der Waals surface area contributed by atoms with Gasteiger partial charge in [-0.25, -0.2) is 9.97 Å². The molecule has 0 bridgehead atoms. The number of rotatable bonds is 4. The molecule has 0 spiro atoms. The van der Waals surface area contributed by atoms with Gasteiger partial charge in [0.05, 0.1) is 11.8 Å². The van der Waals surface area contributed by atoms with Crippen LogP contribution in [0.4, 0.5) is 13.2 Å². The van der Waals surface area contributed by atoms with E-state index in [0.29, 0.717) is 11.5 Å². The highest BCUT2D eigenvalue weighted by Crippen LogP contribution is 2.24. The van der Waals surface area contributed by atoms with Crippen molar-refractivity contribution in [1.29, 1.82) is 5.26 Å². The predicted molar refractivity (Wildman–Crippen MR) is 53.6 cm³/mol. The fourth-order valence-electron chi connectivity index (χ4n) is 1.18. The summed E-state index contributed by atoms with van der Waals surface area (Å²) in [7, 11) is 0. The van der Waals surface area contributed by atoms with Crippen molar-refractivity contribution in [1.82, 2.24) is 15.3 Å². The number of halogens is 3. The number of aromatic nitrogens is 2. The largest absolute Gasteiger partial charge is 0.405 e. The number of aryl methyl sites for hydroxylation is 1. The minimum absolute atomic E-state index is 0.178. The summed E-state index contributed by atoms with van der Waals surface area (Å²) in [5.41, 5.74) is 0.594. The fourth-order valence-corrected chi connectivity index (χ4v) is 1.18. The molecule has 4 nitrogen and oxygen atoms in total. The molecule has 0 saturated heterocycles. The van der Waals surface area contributed by atoms with Crippen LogP contribution in [-0.4, -0.2) is 22.7 Å². The van der Waals surface area contributed by atoms with E-state index in [-0.39, 0.29) is 6.54 Å². The second kappa shape index (κ2) is 5.59. The van der Waals surface area contributed by atoms with E-state index in [2.05, 4.69) is 15.3 Å². The Morgan fingerprint density at radius 3 is 2.76 bits per heavy atom. The van der Waals surface area contributed by atoms with Crippen LogP contribution < -0.4 is 5.32 Å². The van der Waals surface area contributed by atoms with Gasteiger partial charge in [0, 0.05) is 19.3 Å². The predicted octanol–water partition coefficient (Wildman–Crippen LogP) is 1.58. The maximum atomic E-state index is 12.2. The highest BCUT2D eigenvalue weighted by atomic mass is 19.4. The van der Waals surface area contributed by atoms with Gasteiger partial charge >= 0.3 is 6.18 Å². The van der Waals surface area contributed by atoms with Gasteiger partial charge in [-0.2, -0.15) is 18.4 Å². The smallest absolute Gasteiger partial charge is 0.309 e. The quantitative estimate of drug-likeness (QED) is 0.873. The molecule has 1 N–H and O–H groups in total. The lowest BCUT2D eigenvalue weighted by atomic mass is 10.1. The summed E-state index contributed by atoms with van der Waals surface area (Å²) in [6, 6.07) is 2.83. The van der Waals surface area contributed by atoms with E-state index in [1.165, 1.54) is 12.3 Å². The third kappa shape index (κ3) is 4.36. The van der Waals surface area contributed by atoms with Gasteiger partial charge in [-0.15, -0.1) is 0 Å². The Morgan fingerprint density at radius 1 is 1.53 bits per heavy atom. The van der Waals surface area contributed by atoms with Gasteiger partial charge in [0.2, 0.25) is 0 Å². The molecule has 0 radical (unpaired) electrons. The first-order valence-corrected chi connectivity index (χ1v) is 4.89. The molecule has 0 aromatic carbocycles. The molecular formula is C10H11F3N4. The Labute approximate surface area is 96.5 Å². The zero-order valence-corrected chi connectivity index (χ0v) is 9.12. The molecule has 17 heavy (non-hydrogen) atoms. The third-order valence-electron chi connectivity index (χ3n) is 2.04. The summed E-state index contributed by atoms with van der Waals surface area (Å²) in [6.07, 6.45) is -2.96. The molecule has 1 unspecified atom stereocenters. The Bertz CT molecular complexity index is 411. The summed E-state index contributed by atoms with van der Waals surface area (Å²) in [6.45, 7) is 1.43. The Kier molecular flexibility index (Phi) is 4.40. The molecule has 0 saturated carbocycles. The third-order valence-corrected chi connectivity index (χ3v) is 2.04. The Hall–Kier alpha value is -1.68. The number of nitrogens with zero attached hydrogens (tertiary/aromatic N) is 3. The molecule has 92 valence electrons. The van der Waals surface area contributed by atoms with Gasteiger partial charge in [-0.3, -0.25) is 0 Å². The van der Waals surface area contributed by atoms with E-state index in [1.54, 1.807) is 13.0 Å². The van der Waals surface area contributed by atoms with Crippen LogP contribution in [0.1, 0.15) is 11.5 Å². The summed E-state index contributed by atoms with van der Waals surface area (Å²) in [4.78, 5) is 7.89. The summed E-state index contributed by atoms with van der Waals surface area (Å²) in [5, 5.41) is 10.9. The van der Waals surface area contributed by atoms with Crippen molar-refractivity contribution in [3.63, 3.8) is 0 Å². The summed E-state index contributed by atoms with van der Waals surface area (Å²) in [5.74, 6) is -1.44. The lowest BCUT2D eigenvalue weighted by Crippen LogP contribution is -2.32. The summed E-state index contributed by atoms with van der Waals surface area (Å²) >= 11 is 0. The first kappa shape index (κ1) is 13.4. The first-order chi connectivity index (χ1) is 7.93. The molecule has 0 fully saturated rings. The maximum absolute atomic E-state index is 12.2. The molecule has 0 amide bonds. The van der Waals surface area contributed by atoms with Gasteiger partial charge in [0.15, 0.2) is 5.92 Å². The van der Waals surface area contributed by atoms with Crippen LogP contribution in [0.15, 0.2) is 12.3 Å². The minimum Gasteiger partial charge on any atom is -0.309 e. The van der Waals surface area contributed by atoms with E-state index in [4.69, 9.17) is 5.26 Å². The van der Waals surface area contributed by atoms with Crippen molar-refractivity contribution in [2.75, 3.05) is 6.54 Å². The average molecular weight is 244 g/mol. The maximum Gasteiger partial charge on any atom is 0.405 e. The van der Waals surface area contributed by atoms with Crippen LogP contribution in [-0.2, 0) is 6.54 Å². The molecule has 7 heteroatoms. The van der Waals surface area contributed by atoms with Crippen molar-refractivity contribution in [3.8, 4) is 6.07 Å². The van der Waals surface area contributed by atoms with Crippen LogP contribution in [0.3, 0.4) is 0 Å². The molecule has 1 aromatic heterocycles. The number of hydrogen-bond acceptors (Lipinski definition) is 4. The second-order valence-electron chi connectivity index (χ2n) is 3.45. The highest BCUT2D eigenvalue weighted by Gasteiger charge is 2.39. The number of alkyl halides is 3. The monoisotopic (exact) mass is 244 g/mol. The van der Waals surface area contributed by atoms with Gasteiger partial charge in [0.1, 0.15) is 5.82 Å². The van der Waals surface area contributed by atoms with Crippen molar-refractivity contribution >= 4 is 0 Å². The van der Waals surface area contributed by atoms with Gasteiger partial charge in [-0.05, 0) is 13.0 Å². The fraction of sp³-hybridized carbons (Fsp3) is 0.500.